The largest absolute Gasteiger partial charge is 0.489 e. The molecule has 0 radical (unpaired) electrons. The molecule has 0 saturated heterocycles. The molecule has 1 aromatic rings. The molecule has 0 bridgehead atoms. The molecule has 0 fully saturated rings. The Kier molecular flexibility index (Phi) is 4.14. The van der Waals surface area contributed by atoms with E-state index in [4.69, 9.17) is 10.5 Å². The van der Waals surface area contributed by atoms with Gasteiger partial charge < -0.3 is 10.5 Å². The van der Waals surface area contributed by atoms with Gasteiger partial charge in [-0.2, -0.15) is 0 Å². The summed E-state index contributed by atoms with van der Waals surface area (Å²) in [6, 6.07) is 5.93. The van der Waals surface area contributed by atoms with Crippen LogP contribution in [0.15, 0.2) is 23.1 Å². The standard InChI is InChI=1S/C11H17NOS/c1-4-14-9-5-6-10(12)11(7-9)13-8(2)3/h5-8H,4,12H2,1-3H3. The average molecular weight is 211 g/mol. The van der Waals surface area contributed by atoms with Gasteiger partial charge in [-0.25, -0.2) is 0 Å². The summed E-state index contributed by atoms with van der Waals surface area (Å²) in [4.78, 5) is 1.21. The molecular formula is C11H17NOS. The van der Waals surface area contributed by atoms with Crippen LogP contribution < -0.4 is 10.5 Å². The van der Waals surface area contributed by atoms with Crippen molar-refractivity contribution in [3.8, 4) is 5.75 Å². The molecule has 0 aliphatic rings. The van der Waals surface area contributed by atoms with E-state index in [1.54, 1.807) is 11.8 Å². The number of nitrogens with two attached hydrogens (primary N) is 1. The molecule has 0 heterocycles. The number of thioether (sulfide) groups is 1. The van der Waals surface area contributed by atoms with Crippen LogP contribution in [0, 0.1) is 0 Å². The number of nitrogen functional groups attached to an aromatic ring is 1. The summed E-state index contributed by atoms with van der Waals surface area (Å²) in [6.07, 6.45) is 0.166. The number of benzene rings is 1. The zero-order valence-electron chi connectivity index (χ0n) is 8.91. The third-order valence-corrected chi connectivity index (χ3v) is 2.53. The summed E-state index contributed by atoms with van der Waals surface area (Å²) in [5.74, 6) is 1.85. The van der Waals surface area contributed by atoms with Crippen molar-refractivity contribution in [2.45, 2.75) is 31.8 Å². The van der Waals surface area contributed by atoms with Crippen LogP contribution in [0.2, 0.25) is 0 Å². The minimum atomic E-state index is 0.166. The van der Waals surface area contributed by atoms with E-state index in [0.29, 0.717) is 5.69 Å². The fourth-order valence-corrected chi connectivity index (χ4v) is 1.82. The summed E-state index contributed by atoms with van der Waals surface area (Å²) >= 11 is 1.79. The van der Waals surface area contributed by atoms with Crippen molar-refractivity contribution >= 4 is 17.4 Å². The SMILES string of the molecule is CCSc1ccc(N)c(OC(C)C)c1. The third kappa shape index (κ3) is 3.14. The van der Waals surface area contributed by atoms with Crippen LogP contribution in [0.3, 0.4) is 0 Å². The smallest absolute Gasteiger partial charge is 0.143 e. The lowest BCUT2D eigenvalue weighted by atomic mass is 10.3. The zero-order chi connectivity index (χ0) is 10.6. The lowest BCUT2D eigenvalue weighted by molar-refractivity contribution is 0.243. The number of rotatable bonds is 4. The monoisotopic (exact) mass is 211 g/mol. The molecule has 78 valence electrons. The number of anilines is 1. The Morgan fingerprint density at radius 2 is 2.14 bits per heavy atom. The molecule has 0 spiro atoms. The van der Waals surface area contributed by atoms with Gasteiger partial charge in [0.25, 0.3) is 0 Å². The molecule has 2 nitrogen and oxygen atoms in total. The highest BCUT2D eigenvalue weighted by atomic mass is 32.2. The Morgan fingerprint density at radius 3 is 2.71 bits per heavy atom. The van der Waals surface area contributed by atoms with Crippen molar-refractivity contribution in [3.05, 3.63) is 18.2 Å². The minimum absolute atomic E-state index is 0.166. The van der Waals surface area contributed by atoms with Crippen LogP contribution in [-0.2, 0) is 0 Å². The fraction of sp³-hybridized carbons (Fsp3) is 0.455. The molecule has 3 heteroatoms. The quantitative estimate of drug-likeness (QED) is 0.613. The van der Waals surface area contributed by atoms with Gasteiger partial charge in [0.15, 0.2) is 0 Å². The van der Waals surface area contributed by atoms with E-state index >= 15 is 0 Å². The van der Waals surface area contributed by atoms with Gasteiger partial charge in [0.05, 0.1) is 11.8 Å². The Hall–Kier alpha value is -0.830. The molecular weight excluding hydrogens is 194 g/mol. The summed E-state index contributed by atoms with van der Waals surface area (Å²) in [5.41, 5.74) is 6.51. The zero-order valence-corrected chi connectivity index (χ0v) is 9.73. The van der Waals surface area contributed by atoms with E-state index in [1.807, 2.05) is 32.0 Å². The highest BCUT2D eigenvalue weighted by Gasteiger charge is 2.04. The lowest BCUT2D eigenvalue weighted by Crippen LogP contribution is -2.07. The van der Waals surface area contributed by atoms with Crippen molar-refractivity contribution in [2.24, 2.45) is 0 Å². The van der Waals surface area contributed by atoms with Crippen LogP contribution in [0.25, 0.3) is 0 Å². The van der Waals surface area contributed by atoms with Crippen LogP contribution >= 0.6 is 11.8 Å². The molecule has 1 rings (SSSR count). The van der Waals surface area contributed by atoms with Crippen molar-refractivity contribution < 1.29 is 4.74 Å². The topological polar surface area (TPSA) is 35.2 Å². The van der Waals surface area contributed by atoms with Gasteiger partial charge >= 0.3 is 0 Å². The molecule has 14 heavy (non-hydrogen) atoms. The molecule has 1 aromatic carbocycles. The number of hydrogen-bond donors (Lipinski definition) is 1. The fourth-order valence-electron chi connectivity index (χ4n) is 1.13. The predicted octanol–water partition coefficient (Wildman–Crippen LogP) is 3.17. The van der Waals surface area contributed by atoms with Gasteiger partial charge in [0, 0.05) is 4.90 Å². The van der Waals surface area contributed by atoms with E-state index in [0.717, 1.165) is 11.5 Å². The van der Waals surface area contributed by atoms with Crippen LogP contribution in [0.4, 0.5) is 5.69 Å². The first-order chi connectivity index (χ1) is 6.63. The number of ether oxygens (including phenoxy) is 1. The van der Waals surface area contributed by atoms with Gasteiger partial charge in [-0.3, -0.25) is 0 Å². The van der Waals surface area contributed by atoms with Gasteiger partial charge in [0.2, 0.25) is 0 Å². The predicted molar refractivity (Wildman–Crippen MR) is 63.0 cm³/mol. The Labute approximate surface area is 89.8 Å². The van der Waals surface area contributed by atoms with Crippen molar-refractivity contribution in [3.63, 3.8) is 0 Å². The number of hydrogen-bond acceptors (Lipinski definition) is 3. The summed E-state index contributed by atoms with van der Waals surface area (Å²) < 4.78 is 5.59. The van der Waals surface area contributed by atoms with Gasteiger partial charge in [-0.15, -0.1) is 11.8 Å². The van der Waals surface area contributed by atoms with E-state index in [-0.39, 0.29) is 6.10 Å². The molecule has 0 aliphatic heterocycles. The third-order valence-electron chi connectivity index (χ3n) is 1.66. The molecule has 0 amide bonds. The van der Waals surface area contributed by atoms with E-state index in [1.165, 1.54) is 4.90 Å². The highest BCUT2D eigenvalue weighted by Crippen LogP contribution is 2.28. The summed E-state index contributed by atoms with van der Waals surface area (Å²) in [5, 5.41) is 0. The molecule has 0 atom stereocenters. The maximum atomic E-state index is 5.80. The molecule has 0 saturated carbocycles. The van der Waals surface area contributed by atoms with Crippen molar-refractivity contribution in [1.82, 2.24) is 0 Å². The van der Waals surface area contributed by atoms with Crippen LogP contribution in [-0.4, -0.2) is 11.9 Å². The summed E-state index contributed by atoms with van der Waals surface area (Å²) in [7, 11) is 0. The van der Waals surface area contributed by atoms with E-state index < -0.39 is 0 Å². The minimum Gasteiger partial charge on any atom is -0.489 e. The second kappa shape index (κ2) is 5.15. The van der Waals surface area contributed by atoms with E-state index in [2.05, 4.69) is 6.92 Å². The average Bonchev–Trinajstić information content (AvgIpc) is 2.10. The second-order valence-corrected chi connectivity index (χ2v) is 4.64. The van der Waals surface area contributed by atoms with Crippen LogP contribution in [0.5, 0.6) is 5.75 Å². The van der Waals surface area contributed by atoms with Crippen molar-refractivity contribution in [2.75, 3.05) is 11.5 Å². The second-order valence-electron chi connectivity index (χ2n) is 3.30. The molecule has 0 aromatic heterocycles. The van der Waals surface area contributed by atoms with E-state index in [9.17, 15) is 0 Å². The lowest BCUT2D eigenvalue weighted by Gasteiger charge is -2.12. The molecule has 2 N–H and O–H groups in total. The Bertz CT molecular complexity index is 299. The first-order valence-electron chi connectivity index (χ1n) is 4.82. The summed E-state index contributed by atoms with van der Waals surface area (Å²) in [6.45, 7) is 6.13. The first kappa shape index (κ1) is 11.2. The first-order valence-corrected chi connectivity index (χ1v) is 5.81. The Morgan fingerprint density at radius 1 is 1.43 bits per heavy atom. The Balaban J connectivity index is 2.84. The normalized spacial score (nSPS) is 10.6. The van der Waals surface area contributed by atoms with Crippen LogP contribution in [0.1, 0.15) is 20.8 Å². The maximum absolute atomic E-state index is 5.80. The maximum Gasteiger partial charge on any atom is 0.143 e. The molecule has 0 unspecified atom stereocenters. The van der Waals surface area contributed by atoms with Gasteiger partial charge in [0.1, 0.15) is 5.75 Å². The van der Waals surface area contributed by atoms with Crippen molar-refractivity contribution in [1.29, 1.82) is 0 Å². The van der Waals surface area contributed by atoms with Gasteiger partial charge in [-0.1, -0.05) is 6.92 Å². The van der Waals surface area contributed by atoms with Gasteiger partial charge in [-0.05, 0) is 37.8 Å². The molecule has 0 aliphatic carbocycles. The highest BCUT2D eigenvalue weighted by molar-refractivity contribution is 7.99.